The number of hydrogen-bond donors (Lipinski definition) is 3. The molecule has 1 aliphatic carbocycles. The molecule has 1 amide bonds. The van der Waals surface area contributed by atoms with E-state index in [2.05, 4.69) is 29.5 Å². The van der Waals surface area contributed by atoms with Crippen molar-refractivity contribution in [2.75, 3.05) is 0 Å². The van der Waals surface area contributed by atoms with E-state index in [-0.39, 0.29) is 23.9 Å². The second-order valence-corrected chi connectivity index (χ2v) is 7.78. The summed E-state index contributed by atoms with van der Waals surface area (Å²) in [6.45, 7) is 10.5. The first-order valence-electron chi connectivity index (χ1n) is 9.75. The third-order valence-corrected chi connectivity index (χ3v) is 4.92. The molecule has 156 valence electrons. The van der Waals surface area contributed by atoms with Gasteiger partial charge in [0.15, 0.2) is 0 Å². The van der Waals surface area contributed by atoms with Crippen LogP contribution in [0.4, 0.5) is 0 Å². The number of amides is 1. The van der Waals surface area contributed by atoms with Crippen LogP contribution in [0.2, 0.25) is 0 Å². The normalized spacial score (nSPS) is 22.2. The zero-order valence-corrected chi connectivity index (χ0v) is 17.6. The Morgan fingerprint density at radius 1 is 1.39 bits per heavy atom. The van der Waals surface area contributed by atoms with Gasteiger partial charge in [0.2, 0.25) is 5.91 Å². The van der Waals surface area contributed by atoms with Gasteiger partial charge in [-0.25, -0.2) is 4.68 Å². The Kier molecular flexibility index (Phi) is 7.01. The van der Waals surface area contributed by atoms with E-state index in [1.165, 1.54) is 11.6 Å². The van der Waals surface area contributed by atoms with Crippen molar-refractivity contribution in [3.63, 3.8) is 0 Å². The van der Waals surface area contributed by atoms with E-state index in [0.717, 1.165) is 12.8 Å². The Morgan fingerprint density at radius 2 is 2.04 bits per heavy atom. The second kappa shape index (κ2) is 8.87. The van der Waals surface area contributed by atoms with Crippen molar-refractivity contribution >= 4 is 11.6 Å². The van der Waals surface area contributed by atoms with Crippen LogP contribution in [0.3, 0.4) is 0 Å². The maximum Gasteiger partial charge on any atom is 0.217 e. The van der Waals surface area contributed by atoms with E-state index in [1.807, 2.05) is 0 Å². The summed E-state index contributed by atoms with van der Waals surface area (Å²) in [7, 11) is 0. The summed E-state index contributed by atoms with van der Waals surface area (Å²) in [5.74, 6) is 0.00442. The van der Waals surface area contributed by atoms with E-state index >= 15 is 0 Å². The van der Waals surface area contributed by atoms with Gasteiger partial charge < -0.3 is 20.3 Å². The Bertz CT molecular complexity index is 753. The van der Waals surface area contributed by atoms with E-state index in [1.54, 1.807) is 33.0 Å². The molecular formula is C20H32N4O4. The number of carbonyl (C=O) groups is 1. The first-order chi connectivity index (χ1) is 13.1. The number of aliphatic hydroxyl groups excluding tert-OH is 1. The Balaban J connectivity index is 2.51. The molecule has 2 rings (SSSR count). The number of carbonyl (C=O) groups excluding carboxylic acids is 1. The van der Waals surface area contributed by atoms with Gasteiger partial charge in [0.25, 0.3) is 0 Å². The number of allylic oxidation sites excluding steroid dienone is 2. The van der Waals surface area contributed by atoms with Crippen LogP contribution < -0.4 is 5.32 Å². The maximum atomic E-state index is 11.9. The minimum Gasteiger partial charge on any atom is -0.512 e. The van der Waals surface area contributed by atoms with Crippen LogP contribution in [0.1, 0.15) is 66.5 Å². The number of nitrogens with zero attached hydrogens (tertiary/aromatic N) is 3. The van der Waals surface area contributed by atoms with Gasteiger partial charge in [-0.2, -0.15) is 0 Å². The fraction of sp³-hybridized carbons (Fsp3) is 0.650. The largest absolute Gasteiger partial charge is 0.512 e. The summed E-state index contributed by atoms with van der Waals surface area (Å²) in [5.41, 5.74) is 0.606. The molecule has 3 N–H and O–H groups in total. The fourth-order valence-electron chi connectivity index (χ4n) is 3.22. The number of aliphatic hydroxyl groups is 2. The molecule has 0 bridgehead atoms. The lowest BCUT2D eigenvalue weighted by Crippen LogP contribution is -2.48. The van der Waals surface area contributed by atoms with E-state index < -0.39 is 11.6 Å². The highest BCUT2D eigenvalue weighted by atomic mass is 16.5. The molecule has 0 aliphatic heterocycles. The predicted octanol–water partition coefficient (Wildman–Crippen LogP) is 2.66. The third-order valence-electron chi connectivity index (χ3n) is 4.92. The molecule has 0 saturated heterocycles. The fourth-order valence-corrected chi connectivity index (χ4v) is 3.22. The molecule has 1 aromatic heterocycles. The molecule has 0 unspecified atom stereocenters. The van der Waals surface area contributed by atoms with E-state index in [0.29, 0.717) is 23.4 Å². The van der Waals surface area contributed by atoms with Crippen LogP contribution in [0.15, 0.2) is 23.6 Å². The van der Waals surface area contributed by atoms with E-state index in [4.69, 9.17) is 4.74 Å². The molecule has 1 aliphatic rings. The van der Waals surface area contributed by atoms with Gasteiger partial charge in [-0.3, -0.25) is 4.79 Å². The van der Waals surface area contributed by atoms with Gasteiger partial charge in [-0.05, 0) is 45.3 Å². The van der Waals surface area contributed by atoms with Gasteiger partial charge in [-0.1, -0.05) is 19.1 Å². The molecule has 1 aromatic rings. The van der Waals surface area contributed by atoms with Gasteiger partial charge in [0.1, 0.15) is 11.3 Å². The van der Waals surface area contributed by atoms with Crippen molar-refractivity contribution in [1.29, 1.82) is 0 Å². The standard InChI is InChI=1S/C20H32N4O4/c1-7-15(8-2)28-17-10-14(12(3)25)9-16(19(17)21-13(4)26)24-11-18(22-23-24)20(5,6)27/h9,11,15,17,19,25,27H,7-8,10H2,1-6H3,(H,21,26)/b14-12-/t17-,19-/m1/s1. The van der Waals surface area contributed by atoms with Crippen molar-refractivity contribution in [3.8, 4) is 0 Å². The van der Waals surface area contributed by atoms with E-state index in [9.17, 15) is 15.0 Å². The van der Waals surface area contributed by atoms with Gasteiger partial charge in [0.05, 0.1) is 35.9 Å². The molecule has 28 heavy (non-hydrogen) atoms. The molecule has 1 heterocycles. The topological polar surface area (TPSA) is 110 Å². The molecule has 0 spiro atoms. The van der Waals surface area contributed by atoms with Crippen LogP contribution in [0.25, 0.3) is 5.70 Å². The van der Waals surface area contributed by atoms with Crippen LogP contribution >= 0.6 is 0 Å². The number of ether oxygens (including phenoxy) is 1. The average Bonchev–Trinajstić information content (AvgIpc) is 3.10. The second-order valence-electron chi connectivity index (χ2n) is 7.78. The van der Waals surface area contributed by atoms with Crippen LogP contribution in [-0.2, 0) is 15.1 Å². The number of rotatable bonds is 7. The highest BCUT2D eigenvalue weighted by Crippen LogP contribution is 2.31. The summed E-state index contributed by atoms with van der Waals surface area (Å²) < 4.78 is 7.82. The Labute approximate surface area is 166 Å². The number of aromatic nitrogens is 3. The Hall–Kier alpha value is -2.19. The lowest BCUT2D eigenvalue weighted by atomic mass is 9.90. The molecule has 0 aromatic carbocycles. The zero-order valence-electron chi connectivity index (χ0n) is 17.6. The van der Waals surface area contributed by atoms with Crippen molar-refractivity contribution in [2.45, 2.75) is 84.7 Å². The smallest absolute Gasteiger partial charge is 0.217 e. The highest BCUT2D eigenvalue weighted by Gasteiger charge is 2.35. The maximum absolute atomic E-state index is 11.9. The molecule has 0 radical (unpaired) electrons. The van der Waals surface area contributed by atoms with Crippen molar-refractivity contribution in [3.05, 3.63) is 29.3 Å². The van der Waals surface area contributed by atoms with Crippen molar-refractivity contribution < 1.29 is 19.7 Å². The quantitative estimate of drug-likeness (QED) is 0.616. The molecule has 8 heteroatoms. The highest BCUT2D eigenvalue weighted by molar-refractivity contribution is 5.76. The SMILES string of the molecule is CCC(CC)O[C@@H]1C/C(=C(/C)O)C=C(n2cc(C(C)(C)O)nn2)[C@H]1NC(C)=O. The van der Waals surface area contributed by atoms with Gasteiger partial charge in [0, 0.05) is 13.3 Å². The third kappa shape index (κ3) is 5.20. The lowest BCUT2D eigenvalue weighted by molar-refractivity contribution is -0.121. The van der Waals surface area contributed by atoms with Crippen LogP contribution in [-0.4, -0.2) is 49.4 Å². The summed E-state index contributed by atoms with van der Waals surface area (Å²) in [5, 5.41) is 31.5. The minimum atomic E-state index is -1.14. The summed E-state index contributed by atoms with van der Waals surface area (Å²) in [4.78, 5) is 11.9. The zero-order chi connectivity index (χ0) is 21.1. The van der Waals surface area contributed by atoms with Crippen LogP contribution in [0, 0.1) is 0 Å². The summed E-state index contributed by atoms with van der Waals surface area (Å²) in [6, 6.07) is -0.461. The molecule has 0 fully saturated rings. The van der Waals surface area contributed by atoms with Crippen LogP contribution in [0.5, 0.6) is 0 Å². The first-order valence-corrected chi connectivity index (χ1v) is 9.75. The molecule has 8 nitrogen and oxygen atoms in total. The van der Waals surface area contributed by atoms with Gasteiger partial charge in [-0.15, -0.1) is 5.10 Å². The van der Waals surface area contributed by atoms with Crippen molar-refractivity contribution in [1.82, 2.24) is 20.3 Å². The van der Waals surface area contributed by atoms with Crippen molar-refractivity contribution in [2.24, 2.45) is 0 Å². The number of nitrogens with one attached hydrogen (secondary N) is 1. The Morgan fingerprint density at radius 3 is 2.50 bits per heavy atom. The molecule has 0 saturated carbocycles. The summed E-state index contributed by atoms with van der Waals surface area (Å²) in [6.07, 6.45) is 5.28. The average molecular weight is 393 g/mol. The predicted molar refractivity (Wildman–Crippen MR) is 106 cm³/mol. The lowest BCUT2D eigenvalue weighted by Gasteiger charge is -2.35. The van der Waals surface area contributed by atoms with Gasteiger partial charge >= 0.3 is 0 Å². The molecule has 2 atom stereocenters. The summed E-state index contributed by atoms with van der Waals surface area (Å²) >= 11 is 0. The number of hydrogen-bond acceptors (Lipinski definition) is 6. The molecular weight excluding hydrogens is 360 g/mol. The monoisotopic (exact) mass is 392 g/mol. The minimum absolute atomic E-state index is 0.0449. The first kappa shape index (κ1) is 22.1.